The molecule has 172 valence electrons. The highest BCUT2D eigenvalue weighted by atomic mass is 16.5. The second-order valence-corrected chi connectivity index (χ2v) is 9.50. The van der Waals surface area contributed by atoms with Crippen LogP contribution in [0, 0.1) is 5.92 Å². The molecule has 0 saturated heterocycles. The zero-order valence-electron chi connectivity index (χ0n) is 19.9. The molecule has 2 aliphatic rings. The van der Waals surface area contributed by atoms with Crippen LogP contribution in [-0.2, 0) is 17.8 Å². The third kappa shape index (κ3) is 5.03. The minimum Gasteiger partial charge on any atom is -0.493 e. The van der Waals surface area contributed by atoms with E-state index in [2.05, 4.69) is 36.2 Å². The van der Waals surface area contributed by atoms with E-state index in [4.69, 9.17) is 9.47 Å². The molecule has 1 aliphatic heterocycles. The Hall–Kier alpha value is -2.69. The fourth-order valence-electron chi connectivity index (χ4n) is 4.96. The quantitative estimate of drug-likeness (QED) is 0.568. The summed E-state index contributed by atoms with van der Waals surface area (Å²) in [6.45, 7) is 5.66. The molecule has 0 bridgehead atoms. The molecule has 1 aliphatic carbocycles. The van der Waals surface area contributed by atoms with Crippen molar-refractivity contribution in [3.8, 4) is 11.5 Å². The van der Waals surface area contributed by atoms with Gasteiger partial charge in [0, 0.05) is 25.0 Å². The number of methoxy groups -OCH3 is 1. The van der Waals surface area contributed by atoms with Crippen LogP contribution in [0.15, 0.2) is 36.4 Å². The van der Waals surface area contributed by atoms with Crippen molar-refractivity contribution in [2.45, 2.75) is 65.0 Å². The molecule has 2 aromatic rings. The Balaban J connectivity index is 1.49. The van der Waals surface area contributed by atoms with Crippen molar-refractivity contribution in [3.63, 3.8) is 0 Å². The van der Waals surface area contributed by atoms with Gasteiger partial charge in [0.2, 0.25) is 5.91 Å². The van der Waals surface area contributed by atoms with Crippen molar-refractivity contribution in [1.82, 2.24) is 0 Å². The maximum Gasteiger partial charge on any atom is 0.231 e. The van der Waals surface area contributed by atoms with Gasteiger partial charge in [-0.25, -0.2) is 0 Å². The Morgan fingerprint density at radius 1 is 1.03 bits per heavy atom. The van der Waals surface area contributed by atoms with Crippen molar-refractivity contribution in [2.75, 3.05) is 30.5 Å². The highest BCUT2D eigenvalue weighted by Gasteiger charge is 2.26. The number of hydrogen-bond acceptors (Lipinski definition) is 4. The maximum absolute atomic E-state index is 12.9. The summed E-state index contributed by atoms with van der Waals surface area (Å²) in [6, 6.07) is 12.4. The van der Waals surface area contributed by atoms with Crippen molar-refractivity contribution in [3.05, 3.63) is 47.5 Å². The second kappa shape index (κ2) is 9.85. The molecule has 0 unspecified atom stereocenters. The van der Waals surface area contributed by atoms with Crippen LogP contribution in [0.1, 0.15) is 57.1 Å². The Labute approximate surface area is 192 Å². The van der Waals surface area contributed by atoms with Crippen LogP contribution in [0.25, 0.3) is 0 Å². The smallest absolute Gasteiger partial charge is 0.231 e. The molecule has 0 N–H and O–H groups in total. The van der Waals surface area contributed by atoms with Gasteiger partial charge < -0.3 is 19.3 Å². The third-order valence-electron chi connectivity index (χ3n) is 6.68. The third-order valence-corrected chi connectivity index (χ3v) is 6.68. The fraction of sp³-hybridized carbons (Fsp3) is 0.519. The summed E-state index contributed by atoms with van der Waals surface area (Å²) in [4.78, 5) is 17.2. The van der Waals surface area contributed by atoms with E-state index in [9.17, 15) is 4.79 Å². The molecular formula is C27H36N2O3. The number of carbonyl (C=O) groups is 1. The Kier molecular flexibility index (Phi) is 6.92. The topological polar surface area (TPSA) is 42.0 Å². The summed E-state index contributed by atoms with van der Waals surface area (Å²) in [6.07, 6.45) is 7.24. The first-order valence-corrected chi connectivity index (χ1v) is 11.9. The molecule has 1 amide bonds. The van der Waals surface area contributed by atoms with Gasteiger partial charge in [0.25, 0.3) is 0 Å². The number of benzene rings is 2. The average Bonchev–Trinajstić information content (AvgIpc) is 2.79. The summed E-state index contributed by atoms with van der Waals surface area (Å²) in [5, 5.41) is 0. The molecule has 0 radical (unpaired) electrons. The predicted molar refractivity (Wildman–Crippen MR) is 130 cm³/mol. The molecule has 0 atom stereocenters. The number of hydrogen-bond donors (Lipinski definition) is 0. The van der Waals surface area contributed by atoms with E-state index >= 15 is 0 Å². The van der Waals surface area contributed by atoms with E-state index in [1.807, 2.05) is 30.9 Å². The van der Waals surface area contributed by atoms with Gasteiger partial charge in [0.05, 0.1) is 26.2 Å². The molecule has 2 aromatic carbocycles. The first-order chi connectivity index (χ1) is 15.4. The Bertz CT molecular complexity index is 933. The molecule has 0 aromatic heterocycles. The van der Waals surface area contributed by atoms with Crippen LogP contribution in [0.3, 0.4) is 0 Å². The molecule has 5 heteroatoms. The molecule has 0 spiro atoms. The van der Waals surface area contributed by atoms with Crippen LogP contribution in [0.5, 0.6) is 11.5 Å². The van der Waals surface area contributed by atoms with Gasteiger partial charge in [-0.05, 0) is 80.1 Å². The van der Waals surface area contributed by atoms with Gasteiger partial charge in [-0.3, -0.25) is 4.79 Å². The number of anilines is 2. The van der Waals surface area contributed by atoms with Gasteiger partial charge in [-0.15, -0.1) is 0 Å². The lowest BCUT2D eigenvalue weighted by Gasteiger charge is -2.31. The van der Waals surface area contributed by atoms with Gasteiger partial charge in [0.15, 0.2) is 11.5 Å². The first kappa shape index (κ1) is 22.5. The lowest BCUT2D eigenvalue weighted by Crippen LogP contribution is -2.36. The number of rotatable bonds is 7. The lowest BCUT2D eigenvalue weighted by molar-refractivity contribution is -0.118. The maximum atomic E-state index is 12.9. The summed E-state index contributed by atoms with van der Waals surface area (Å²) in [5.41, 5.74) is 4.28. The largest absolute Gasteiger partial charge is 0.493 e. The van der Waals surface area contributed by atoms with E-state index in [-0.39, 0.29) is 12.0 Å². The first-order valence-electron chi connectivity index (χ1n) is 11.9. The van der Waals surface area contributed by atoms with E-state index < -0.39 is 0 Å². The number of ether oxygens (including phenoxy) is 2. The van der Waals surface area contributed by atoms with Gasteiger partial charge in [-0.2, -0.15) is 0 Å². The van der Waals surface area contributed by atoms with Crippen molar-refractivity contribution < 1.29 is 14.3 Å². The molecular weight excluding hydrogens is 400 g/mol. The van der Waals surface area contributed by atoms with Gasteiger partial charge in [0.1, 0.15) is 0 Å². The van der Waals surface area contributed by atoms with Crippen molar-refractivity contribution in [2.24, 2.45) is 5.92 Å². The van der Waals surface area contributed by atoms with Gasteiger partial charge >= 0.3 is 0 Å². The molecule has 1 fully saturated rings. The van der Waals surface area contributed by atoms with Crippen LogP contribution in [0.4, 0.5) is 11.4 Å². The SMILES string of the molecule is COc1cc2c(cc1OC(C)C)CN(c1ccc(N(C)CC3CCCCC3)cc1)C(=O)C2. The molecule has 1 heterocycles. The highest BCUT2D eigenvalue weighted by molar-refractivity contribution is 5.96. The predicted octanol–water partition coefficient (Wildman–Crippen LogP) is 5.59. The number of nitrogens with zero attached hydrogens (tertiary/aromatic N) is 2. The number of carbonyl (C=O) groups excluding carboxylic acids is 1. The normalized spacial score (nSPS) is 16.8. The van der Waals surface area contributed by atoms with Crippen LogP contribution < -0.4 is 19.3 Å². The van der Waals surface area contributed by atoms with Gasteiger partial charge in [-0.1, -0.05) is 19.3 Å². The van der Waals surface area contributed by atoms with Crippen molar-refractivity contribution >= 4 is 17.3 Å². The summed E-state index contributed by atoms with van der Waals surface area (Å²) in [7, 11) is 3.81. The minimum atomic E-state index is 0.0569. The fourth-order valence-corrected chi connectivity index (χ4v) is 4.96. The minimum absolute atomic E-state index is 0.0569. The molecule has 1 saturated carbocycles. The summed E-state index contributed by atoms with van der Waals surface area (Å²) < 4.78 is 11.4. The standard InChI is InChI=1S/C27H36N2O3/c1-19(2)32-26-15-22-18-29(27(30)16-21(22)14-25(26)31-4)24-12-10-23(11-13-24)28(3)17-20-8-6-5-7-9-20/h10-15,19-20H,5-9,16-18H2,1-4H3. The van der Waals surface area contributed by atoms with E-state index in [0.29, 0.717) is 18.7 Å². The lowest BCUT2D eigenvalue weighted by atomic mass is 9.89. The number of fused-ring (bicyclic) bond motifs is 1. The van der Waals surface area contributed by atoms with E-state index in [0.717, 1.165) is 35.0 Å². The monoisotopic (exact) mass is 436 g/mol. The molecule has 4 rings (SSSR count). The molecule has 5 nitrogen and oxygen atoms in total. The zero-order valence-corrected chi connectivity index (χ0v) is 19.9. The average molecular weight is 437 g/mol. The van der Waals surface area contributed by atoms with Crippen LogP contribution >= 0.6 is 0 Å². The zero-order chi connectivity index (χ0) is 22.7. The number of amides is 1. The highest BCUT2D eigenvalue weighted by Crippen LogP contribution is 2.36. The molecule has 32 heavy (non-hydrogen) atoms. The van der Waals surface area contributed by atoms with E-state index in [1.54, 1.807) is 7.11 Å². The van der Waals surface area contributed by atoms with E-state index in [1.165, 1.54) is 37.8 Å². The van der Waals surface area contributed by atoms with Crippen molar-refractivity contribution in [1.29, 1.82) is 0 Å². The van der Waals surface area contributed by atoms with Crippen LogP contribution in [0.2, 0.25) is 0 Å². The second-order valence-electron chi connectivity index (χ2n) is 9.50. The van der Waals surface area contributed by atoms with Crippen LogP contribution in [-0.4, -0.2) is 32.7 Å². The summed E-state index contributed by atoms with van der Waals surface area (Å²) in [5.74, 6) is 2.33. The summed E-state index contributed by atoms with van der Waals surface area (Å²) >= 11 is 0. The Morgan fingerprint density at radius 3 is 2.38 bits per heavy atom. The Morgan fingerprint density at radius 2 is 1.72 bits per heavy atom.